The molecule has 0 atom stereocenters. The molecule has 1 N–H and O–H groups in total. The first-order valence-electron chi connectivity index (χ1n) is 12.8. The molecule has 0 aromatic heterocycles. The summed E-state index contributed by atoms with van der Waals surface area (Å²) in [7, 11) is 0. The molecule has 37 heavy (non-hydrogen) atoms. The standard InChI is InChI=1S/C27H31ClFN5O3/c28-22-17-20(9-10-23(22)29)30-26(37)32-15-11-27(12-16-32)25(36)33(18-24(35)31-13-5-2-6-14-31)19-34(27)21-7-3-1-4-8-21/h1,3-4,7-10,17H,2,5-6,11-16,18-19H2,(H,30,37). The normalized spacial score (nSPS) is 19.5. The fraction of sp³-hybridized carbons (Fsp3) is 0.444. The number of para-hydroxylation sites is 1. The van der Waals surface area contributed by atoms with Crippen LogP contribution in [-0.2, 0) is 9.59 Å². The second-order valence-corrected chi connectivity index (χ2v) is 10.3. The summed E-state index contributed by atoms with van der Waals surface area (Å²) in [6, 6.07) is 13.5. The first-order chi connectivity index (χ1) is 17.9. The highest BCUT2D eigenvalue weighted by atomic mass is 35.5. The van der Waals surface area contributed by atoms with Crippen molar-refractivity contribution < 1.29 is 18.8 Å². The molecule has 2 aromatic carbocycles. The Kier molecular flexibility index (Phi) is 7.24. The molecule has 0 bridgehead atoms. The minimum atomic E-state index is -0.820. The number of nitrogens with one attached hydrogen (secondary N) is 1. The number of amides is 4. The number of hydrogen-bond acceptors (Lipinski definition) is 4. The Balaban J connectivity index is 1.30. The van der Waals surface area contributed by atoms with Gasteiger partial charge in [-0.15, -0.1) is 0 Å². The van der Waals surface area contributed by atoms with Crippen LogP contribution < -0.4 is 10.2 Å². The van der Waals surface area contributed by atoms with Crippen molar-refractivity contribution in [2.24, 2.45) is 0 Å². The largest absolute Gasteiger partial charge is 0.341 e. The fourth-order valence-electron chi connectivity index (χ4n) is 5.59. The summed E-state index contributed by atoms with van der Waals surface area (Å²) in [6.07, 6.45) is 4.01. The van der Waals surface area contributed by atoms with Crippen LogP contribution in [0, 0.1) is 5.82 Å². The van der Waals surface area contributed by atoms with Crippen molar-refractivity contribution in [2.75, 3.05) is 49.6 Å². The quantitative estimate of drug-likeness (QED) is 0.647. The predicted octanol–water partition coefficient (Wildman–Crippen LogP) is 4.16. The van der Waals surface area contributed by atoms with Crippen molar-refractivity contribution in [3.63, 3.8) is 0 Å². The summed E-state index contributed by atoms with van der Waals surface area (Å²) in [5, 5.41) is 2.70. The number of likely N-dealkylation sites (tertiary alicyclic amines) is 2. The van der Waals surface area contributed by atoms with E-state index >= 15 is 0 Å². The van der Waals surface area contributed by atoms with Gasteiger partial charge in [-0.25, -0.2) is 9.18 Å². The first kappa shape index (κ1) is 25.3. The Morgan fingerprint density at radius 1 is 0.946 bits per heavy atom. The highest BCUT2D eigenvalue weighted by Crippen LogP contribution is 2.39. The van der Waals surface area contributed by atoms with Crippen LogP contribution in [0.4, 0.5) is 20.6 Å². The summed E-state index contributed by atoms with van der Waals surface area (Å²) >= 11 is 5.84. The molecule has 3 aliphatic rings. The predicted molar refractivity (Wildman–Crippen MR) is 140 cm³/mol. The highest BCUT2D eigenvalue weighted by Gasteiger charge is 2.54. The van der Waals surface area contributed by atoms with Crippen LogP contribution in [0.5, 0.6) is 0 Å². The van der Waals surface area contributed by atoms with Gasteiger partial charge in [0.1, 0.15) is 17.9 Å². The van der Waals surface area contributed by atoms with E-state index in [4.69, 9.17) is 11.6 Å². The molecule has 0 unspecified atom stereocenters. The Bertz CT molecular complexity index is 1170. The van der Waals surface area contributed by atoms with Crippen LogP contribution >= 0.6 is 11.6 Å². The molecule has 0 aliphatic carbocycles. The number of piperidine rings is 2. The number of nitrogens with zero attached hydrogens (tertiary/aromatic N) is 4. The molecule has 3 heterocycles. The fourth-order valence-corrected chi connectivity index (χ4v) is 5.77. The van der Waals surface area contributed by atoms with Gasteiger partial charge in [-0.1, -0.05) is 29.8 Å². The number of anilines is 2. The molecular formula is C27H31ClFN5O3. The molecule has 5 rings (SSSR count). The van der Waals surface area contributed by atoms with Crippen molar-refractivity contribution in [3.05, 3.63) is 59.4 Å². The lowest BCUT2D eigenvalue weighted by atomic mass is 9.85. The van der Waals surface area contributed by atoms with Gasteiger partial charge in [0.25, 0.3) is 5.91 Å². The average Bonchev–Trinajstić information content (AvgIpc) is 3.18. The second kappa shape index (κ2) is 10.6. The van der Waals surface area contributed by atoms with E-state index < -0.39 is 11.4 Å². The maximum absolute atomic E-state index is 13.9. The Labute approximate surface area is 220 Å². The number of hydrogen-bond donors (Lipinski definition) is 1. The summed E-state index contributed by atoms with van der Waals surface area (Å²) in [4.78, 5) is 47.0. The molecule has 8 nitrogen and oxygen atoms in total. The van der Waals surface area contributed by atoms with E-state index in [0.717, 1.165) is 38.0 Å². The van der Waals surface area contributed by atoms with Gasteiger partial charge in [0, 0.05) is 37.6 Å². The molecule has 2 aromatic rings. The molecule has 10 heteroatoms. The zero-order valence-electron chi connectivity index (χ0n) is 20.7. The van der Waals surface area contributed by atoms with Crippen molar-refractivity contribution in [1.82, 2.24) is 14.7 Å². The van der Waals surface area contributed by atoms with E-state index in [9.17, 15) is 18.8 Å². The minimum absolute atomic E-state index is 0.00659. The number of carbonyl (C=O) groups is 3. The molecule has 3 aliphatic heterocycles. The second-order valence-electron chi connectivity index (χ2n) is 9.93. The molecule has 196 valence electrons. The van der Waals surface area contributed by atoms with Crippen molar-refractivity contribution >= 4 is 40.8 Å². The Morgan fingerprint density at radius 3 is 2.32 bits per heavy atom. The third kappa shape index (κ3) is 5.09. The molecule has 4 amide bonds. The van der Waals surface area contributed by atoms with Crippen molar-refractivity contribution in [3.8, 4) is 0 Å². The van der Waals surface area contributed by atoms with Crippen LogP contribution in [0.15, 0.2) is 48.5 Å². The smallest absolute Gasteiger partial charge is 0.321 e. The van der Waals surface area contributed by atoms with E-state index in [1.54, 1.807) is 9.80 Å². The monoisotopic (exact) mass is 527 g/mol. The maximum Gasteiger partial charge on any atom is 0.321 e. The topological polar surface area (TPSA) is 76.2 Å². The van der Waals surface area contributed by atoms with E-state index in [0.29, 0.717) is 38.3 Å². The van der Waals surface area contributed by atoms with Gasteiger partial charge in [-0.05, 0) is 62.4 Å². The Morgan fingerprint density at radius 2 is 1.65 bits per heavy atom. The lowest BCUT2D eigenvalue weighted by Crippen LogP contribution is -2.58. The zero-order valence-corrected chi connectivity index (χ0v) is 21.4. The number of carbonyl (C=O) groups excluding carboxylic acids is 3. The van der Waals surface area contributed by atoms with Gasteiger partial charge in [0.15, 0.2) is 0 Å². The van der Waals surface area contributed by atoms with Crippen LogP contribution in [0.3, 0.4) is 0 Å². The number of benzene rings is 2. The third-order valence-electron chi connectivity index (χ3n) is 7.67. The van der Waals surface area contributed by atoms with Gasteiger partial charge < -0.3 is 24.9 Å². The third-order valence-corrected chi connectivity index (χ3v) is 7.96. The van der Waals surface area contributed by atoms with Gasteiger partial charge in [-0.2, -0.15) is 0 Å². The highest BCUT2D eigenvalue weighted by molar-refractivity contribution is 6.31. The summed E-state index contributed by atoms with van der Waals surface area (Å²) in [5.74, 6) is -0.622. The molecule has 0 saturated carbocycles. The summed E-state index contributed by atoms with van der Waals surface area (Å²) in [5.41, 5.74) is 0.504. The SMILES string of the molecule is O=C(CN1CN(c2ccccc2)C2(CCN(C(=O)Nc3ccc(F)c(Cl)c3)CC2)C1=O)N1CCCCC1. The minimum Gasteiger partial charge on any atom is -0.341 e. The first-order valence-corrected chi connectivity index (χ1v) is 13.2. The zero-order chi connectivity index (χ0) is 26.0. The molecule has 3 saturated heterocycles. The summed E-state index contributed by atoms with van der Waals surface area (Å²) < 4.78 is 13.5. The van der Waals surface area contributed by atoms with Crippen LogP contribution in [0.25, 0.3) is 0 Å². The van der Waals surface area contributed by atoms with Crippen LogP contribution in [-0.4, -0.2) is 77.5 Å². The van der Waals surface area contributed by atoms with Crippen molar-refractivity contribution in [2.45, 2.75) is 37.6 Å². The summed E-state index contributed by atoms with van der Waals surface area (Å²) in [6.45, 7) is 2.63. The molecule has 0 radical (unpaired) electrons. The lowest BCUT2D eigenvalue weighted by Gasteiger charge is -2.43. The van der Waals surface area contributed by atoms with Crippen molar-refractivity contribution in [1.29, 1.82) is 0 Å². The molecular weight excluding hydrogens is 497 g/mol. The number of rotatable bonds is 4. The van der Waals surface area contributed by atoms with Crippen LogP contribution in [0.1, 0.15) is 32.1 Å². The lowest BCUT2D eigenvalue weighted by molar-refractivity contribution is -0.141. The van der Waals surface area contributed by atoms with E-state index in [-0.39, 0.29) is 29.4 Å². The Hall–Kier alpha value is -3.33. The molecule has 3 fully saturated rings. The van der Waals surface area contributed by atoms with E-state index in [2.05, 4.69) is 10.2 Å². The maximum atomic E-state index is 13.9. The van der Waals surface area contributed by atoms with E-state index in [1.807, 2.05) is 35.2 Å². The van der Waals surface area contributed by atoms with Crippen LogP contribution in [0.2, 0.25) is 5.02 Å². The number of urea groups is 1. The van der Waals surface area contributed by atoms with Gasteiger partial charge in [0.05, 0.1) is 11.7 Å². The number of halogens is 2. The molecule has 1 spiro atoms. The average molecular weight is 528 g/mol. The van der Waals surface area contributed by atoms with Gasteiger partial charge in [-0.3, -0.25) is 9.59 Å². The van der Waals surface area contributed by atoms with Gasteiger partial charge >= 0.3 is 6.03 Å². The van der Waals surface area contributed by atoms with Gasteiger partial charge in [0.2, 0.25) is 5.91 Å². The van der Waals surface area contributed by atoms with E-state index in [1.165, 1.54) is 18.2 Å².